The average Bonchev–Trinajstić information content (AvgIpc) is 3.62. The van der Waals surface area contributed by atoms with E-state index >= 15 is 0 Å². The number of benzene rings is 2. The first-order valence-electron chi connectivity index (χ1n) is 11.1. The SMILES string of the molecule is Cc1cc(NC(=O)Nc2cc(F)cc(C(F)(F)F)c2)cc(Oc2cc(CCC(=O)C3CC3)ncn2)c1. The summed E-state index contributed by atoms with van der Waals surface area (Å²) in [5.74, 6) is -0.122. The standard InChI is InChI=1S/C25H22F4N4O3/c1-14-6-19(32-24(35)33-20-9-16(25(27,28)29)8-17(26)10-20)11-21(7-14)36-23-12-18(30-13-31-23)4-5-22(34)15-2-3-15/h6-13,15H,2-5H2,1H3,(H2,32,33,35). The van der Waals surface area contributed by atoms with Gasteiger partial charge in [0.2, 0.25) is 5.88 Å². The highest BCUT2D eigenvalue weighted by Gasteiger charge is 2.31. The van der Waals surface area contributed by atoms with Gasteiger partial charge in [0.15, 0.2) is 0 Å². The van der Waals surface area contributed by atoms with Gasteiger partial charge in [0, 0.05) is 41.5 Å². The minimum Gasteiger partial charge on any atom is -0.439 e. The molecule has 1 saturated carbocycles. The third-order valence-electron chi connectivity index (χ3n) is 5.37. The minimum absolute atomic E-state index is 0.186. The fourth-order valence-corrected chi connectivity index (χ4v) is 3.55. The van der Waals surface area contributed by atoms with Gasteiger partial charge in [-0.3, -0.25) is 4.79 Å². The van der Waals surface area contributed by atoms with Crippen LogP contribution in [0.2, 0.25) is 0 Å². The number of aryl methyl sites for hydroxylation is 2. The number of anilines is 2. The van der Waals surface area contributed by atoms with Crippen molar-refractivity contribution in [1.82, 2.24) is 9.97 Å². The molecule has 2 N–H and O–H groups in total. The van der Waals surface area contributed by atoms with Gasteiger partial charge in [0.25, 0.3) is 0 Å². The summed E-state index contributed by atoms with van der Waals surface area (Å²) in [6.07, 6.45) is -0.630. The number of Topliss-reactive ketones (excluding diaryl/α,β-unsaturated/α-hetero) is 1. The van der Waals surface area contributed by atoms with Crippen molar-refractivity contribution >= 4 is 23.2 Å². The van der Waals surface area contributed by atoms with Crippen molar-refractivity contribution in [2.45, 2.75) is 38.8 Å². The quantitative estimate of drug-likeness (QED) is 0.353. The highest BCUT2D eigenvalue weighted by Crippen LogP contribution is 2.32. The molecule has 1 aliphatic rings. The Morgan fingerprint density at radius 3 is 2.42 bits per heavy atom. The number of hydrogen-bond acceptors (Lipinski definition) is 5. The third-order valence-corrected chi connectivity index (χ3v) is 5.37. The highest BCUT2D eigenvalue weighted by atomic mass is 19.4. The molecule has 3 aromatic rings. The molecule has 7 nitrogen and oxygen atoms in total. The largest absolute Gasteiger partial charge is 0.439 e. The summed E-state index contributed by atoms with van der Waals surface area (Å²) >= 11 is 0. The van der Waals surface area contributed by atoms with Gasteiger partial charge in [0.05, 0.1) is 5.56 Å². The number of hydrogen-bond donors (Lipinski definition) is 2. The average molecular weight is 502 g/mol. The summed E-state index contributed by atoms with van der Waals surface area (Å²) in [6, 6.07) is 7.34. The molecule has 1 heterocycles. The van der Waals surface area contributed by atoms with E-state index in [2.05, 4.69) is 20.6 Å². The second-order valence-corrected chi connectivity index (χ2v) is 8.53. The van der Waals surface area contributed by atoms with E-state index in [1.165, 1.54) is 12.4 Å². The number of carbonyl (C=O) groups is 2. The lowest BCUT2D eigenvalue weighted by molar-refractivity contribution is -0.137. The maximum Gasteiger partial charge on any atom is 0.416 e. The molecule has 0 spiro atoms. The molecule has 36 heavy (non-hydrogen) atoms. The molecule has 1 fully saturated rings. The lowest BCUT2D eigenvalue weighted by Gasteiger charge is -2.13. The van der Waals surface area contributed by atoms with Crippen LogP contribution in [0.25, 0.3) is 0 Å². The second kappa shape index (κ2) is 10.3. The number of nitrogens with zero attached hydrogens (tertiary/aromatic N) is 2. The Hall–Kier alpha value is -4.02. The van der Waals surface area contributed by atoms with Crippen LogP contribution in [-0.4, -0.2) is 21.8 Å². The smallest absolute Gasteiger partial charge is 0.416 e. The van der Waals surface area contributed by atoms with Crippen LogP contribution in [0.3, 0.4) is 0 Å². The van der Waals surface area contributed by atoms with Gasteiger partial charge in [-0.1, -0.05) is 0 Å². The van der Waals surface area contributed by atoms with Crippen molar-refractivity contribution in [3.05, 3.63) is 71.4 Å². The maximum absolute atomic E-state index is 13.6. The minimum atomic E-state index is -4.76. The zero-order chi connectivity index (χ0) is 25.9. The van der Waals surface area contributed by atoms with Crippen molar-refractivity contribution < 1.29 is 31.9 Å². The van der Waals surface area contributed by atoms with Crippen molar-refractivity contribution in [3.8, 4) is 11.6 Å². The van der Waals surface area contributed by atoms with E-state index in [-0.39, 0.29) is 23.3 Å². The normalized spacial score (nSPS) is 13.2. The zero-order valence-electron chi connectivity index (χ0n) is 19.2. The maximum atomic E-state index is 13.6. The fourth-order valence-electron chi connectivity index (χ4n) is 3.55. The summed E-state index contributed by atoms with van der Waals surface area (Å²) in [6.45, 7) is 1.76. The van der Waals surface area contributed by atoms with Gasteiger partial charge in [-0.25, -0.2) is 19.2 Å². The molecule has 2 amide bonds. The highest BCUT2D eigenvalue weighted by molar-refractivity contribution is 6.00. The van der Waals surface area contributed by atoms with Gasteiger partial charge < -0.3 is 15.4 Å². The Labute approximate surface area is 203 Å². The van der Waals surface area contributed by atoms with Gasteiger partial charge in [-0.05, 0) is 62.1 Å². The Morgan fingerprint density at radius 1 is 1.00 bits per heavy atom. The first kappa shape index (κ1) is 25.1. The third kappa shape index (κ3) is 7.00. The second-order valence-electron chi connectivity index (χ2n) is 8.53. The Balaban J connectivity index is 1.41. The van der Waals surface area contributed by atoms with E-state index in [4.69, 9.17) is 4.74 Å². The first-order chi connectivity index (χ1) is 17.0. The molecular weight excluding hydrogens is 480 g/mol. The van der Waals surface area contributed by atoms with Crippen LogP contribution in [-0.2, 0) is 17.4 Å². The van der Waals surface area contributed by atoms with E-state index in [0.717, 1.165) is 24.5 Å². The summed E-state index contributed by atoms with van der Waals surface area (Å²) in [7, 11) is 0. The van der Waals surface area contributed by atoms with Crippen LogP contribution in [0, 0.1) is 18.7 Å². The van der Waals surface area contributed by atoms with E-state index in [9.17, 15) is 27.2 Å². The molecule has 4 rings (SSSR count). The Morgan fingerprint density at radius 2 is 1.72 bits per heavy atom. The lowest BCUT2D eigenvalue weighted by Crippen LogP contribution is -2.20. The van der Waals surface area contributed by atoms with E-state index in [1.807, 2.05) is 0 Å². The predicted molar refractivity (Wildman–Crippen MR) is 123 cm³/mol. The molecule has 1 aliphatic carbocycles. The first-order valence-corrected chi connectivity index (χ1v) is 11.1. The summed E-state index contributed by atoms with van der Waals surface area (Å²) < 4.78 is 58.1. The molecule has 0 saturated heterocycles. The number of aromatic nitrogens is 2. The Kier molecular flexibility index (Phi) is 7.18. The van der Waals surface area contributed by atoms with Crippen LogP contribution >= 0.6 is 0 Å². The van der Waals surface area contributed by atoms with Crippen LogP contribution in [0.1, 0.15) is 36.1 Å². The molecule has 0 unspecified atom stereocenters. The van der Waals surface area contributed by atoms with Crippen LogP contribution in [0.15, 0.2) is 48.8 Å². The monoisotopic (exact) mass is 502 g/mol. The van der Waals surface area contributed by atoms with E-state index < -0.39 is 23.6 Å². The number of ether oxygens (including phenoxy) is 1. The molecule has 1 aromatic heterocycles. The summed E-state index contributed by atoms with van der Waals surface area (Å²) in [5.41, 5.74) is 0.104. The van der Waals surface area contributed by atoms with Crippen molar-refractivity contribution in [2.75, 3.05) is 10.6 Å². The van der Waals surface area contributed by atoms with Gasteiger partial charge in [-0.2, -0.15) is 13.2 Å². The van der Waals surface area contributed by atoms with Crippen molar-refractivity contribution in [2.24, 2.45) is 5.92 Å². The molecular formula is C25H22F4N4O3. The molecule has 2 aromatic carbocycles. The predicted octanol–water partition coefficient (Wildman–Crippen LogP) is 6.29. The number of halogens is 4. The molecule has 0 bridgehead atoms. The number of urea groups is 1. The van der Waals surface area contributed by atoms with E-state index in [1.54, 1.807) is 25.1 Å². The van der Waals surface area contributed by atoms with Gasteiger partial charge >= 0.3 is 12.2 Å². The lowest BCUT2D eigenvalue weighted by atomic mass is 10.1. The summed E-state index contributed by atoms with van der Waals surface area (Å²) in [5, 5.41) is 4.69. The number of ketones is 1. The molecule has 11 heteroatoms. The fraction of sp³-hybridized carbons (Fsp3) is 0.280. The summed E-state index contributed by atoms with van der Waals surface area (Å²) in [4.78, 5) is 32.5. The number of carbonyl (C=O) groups excluding carboxylic acids is 2. The number of nitrogens with one attached hydrogen (secondary N) is 2. The molecule has 0 radical (unpaired) electrons. The van der Waals surface area contributed by atoms with Crippen molar-refractivity contribution in [1.29, 1.82) is 0 Å². The number of amides is 2. The molecule has 0 aliphatic heterocycles. The Bertz CT molecular complexity index is 1290. The molecule has 0 atom stereocenters. The number of rotatable bonds is 8. The van der Waals surface area contributed by atoms with E-state index in [0.29, 0.717) is 42.1 Å². The number of alkyl halides is 3. The zero-order valence-corrected chi connectivity index (χ0v) is 19.2. The topological polar surface area (TPSA) is 93.2 Å². The van der Waals surface area contributed by atoms with Crippen LogP contribution < -0.4 is 15.4 Å². The van der Waals surface area contributed by atoms with Crippen LogP contribution in [0.5, 0.6) is 11.6 Å². The van der Waals surface area contributed by atoms with Gasteiger partial charge in [-0.15, -0.1) is 0 Å². The van der Waals surface area contributed by atoms with Gasteiger partial charge in [0.1, 0.15) is 23.7 Å². The van der Waals surface area contributed by atoms with Crippen LogP contribution in [0.4, 0.5) is 33.7 Å². The molecule has 188 valence electrons. The van der Waals surface area contributed by atoms with Crippen molar-refractivity contribution in [3.63, 3.8) is 0 Å².